The summed E-state index contributed by atoms with van der Waals surface area (Å²) in [6.07, 6.45) is -2.88. The molecule has 1 aliphatic heterocycles. The first-order valence-electron chi connectivity index (χ1n) is 16.2. The van der Waals surface area contributed by atoms with Gasteiger partial charge in [-0.05, 0) is 30.7 Å². The van der Waals surface area contributed by atoms with Crippen molar-refractivity contribution in [1.82, 2.24) is 4.72 Å². The minimum atomic E-state index is -4.69. The van der Waals surface area contributed by atoms with Gasteiger partial charge in [-0.2, -0.15) is 13.2 Å². The van der Waals surface area contributed by atoms with Crippen LogP contribution in [0.1, 0.15) is 96.0 Å². The second kappa shape index (κ2) is 20.2. The Balaban J connectivity index is 1.99. The van der Waals surface area contributed by atoms with E-state index < -0.39 is 88.8 Å². The third-order valence-electron chi connectivity index (χ3n) is 8.25. The summed E-state index contributed by atoms with van der Waals surface area (Å²) in [5, 5.41) is 61.4. The number of ether oxygens (including phenoxy) is 2. The highest BCUT2D eigenvalue weighted by Gasteiger charge is 2.44. The lowest BCUT2D eigenvalue weighted by atomic mass is 9.99. The Morgan fingerprint density at radius 1 is 0.848 bits per heavy atom. The molecule has 0 aliphatic carbocycles. The predicted molar refractivity (Wildman–Crippen MR) is 163 cm³/mol. The van der Waals surface area contributed by atoms with E-state index in [0.717, 1.165) is 37.8 Å². The van der Waals surface area contributed by atoms with Crippen molar-refractivity contribution in [2.45, 2.75) is 150 Å². The molecule has 2 rings (SSSR count). The normalized spacial score (nSPS) is 24.5. The summed E-state index contributed by atoms with van der Waals surface area (Å²) < 4.78 is 78.0. The van der Waals surface area contributed by atoms with Crippen molar-refractivity contribution < 1.29 is 61.7 Å². The first kappa shape index (κ1) is 40.8. The molecule has 0 radical (unpaired) electrons. The number of benzene rings is 1. The topological polar surface area (TPSA) is 186 Å². The molecule has 8 atom stereocenters. The fourth-order valence-electron chi connectivity index (χ4n) is 5.33. The molecular weight excluding hydrogens is 635 g/mol. The van der Waals surface area contributed by atoms with Crippen LogP contribution in [0.2, 0.25) is 0 Å². The molecular formula is C31H52F3NO10S. The molecule has 0 spiro atoms. The Hall–Kier alpha value is -1.40. The van der Waals surface area contributed by atoms with Crippen LogP contribution in [-0.4, -0.2) is 101 Å². The maximum Gasteiger partial charge on any atom is 0.416 e. The number of alkyl halides is 3. The third kappa shape index (κ3) is 13.2. The molecule has 1 aromatic rings. The number of aliphatic hydroxyl groups is 6. The molecule has 1 aromatic carbocycles. The van der Waals surface area contributed by atoms with Crippen molar-refractivity contribution in [1.29, 1.82) is 0 Å². The van der Waals surface area contributed by atoms with E-state index in [9.17, 15) is 52.2 Å². The van der Waals surface area contributed by atoms with Crippen LogP contribution in [0.3, 0.4) is 0 Å². The Morgan fingerprint density at radius 2 is 1.37 bits per heavy atom. The Bertz CT molecular complexity index is 1080. The minimum Gasteiger partial charge on any atom is -0.394 e. The van der Waals surface area contributed by atoms with E-state index in [1.807, 2.05) is 0 Å². The van der Waals surface area contributed by atoms with E-state index >= 15 is 0 Å². The summed E-state index contributed by atoms with van der Waals surface area (Å²) in [6, 6.07) is 1.10. The van der Waals surface area contributed by atoms with Gasteiger partial charge in [0.1, 0.15) is 24.4 Å². The van der Waals surface area contributed by atoms with E-state index in [-0.39, 0.29) is 6.42 Å². The van der Waals surface area contributed by atoms with Gasteiger partial charge in [0, 0.05) is 0 Å². The second-order valence-electron chi connectivity index (χ2n) is 12.0. The van der Waals surface area contributed by atoms with E-state index in [2.05, 4.69) is 11.6 Å². The lowest BCUT2D eigenvalue weighted by Gasteiger charge is -2.40. The summed E-state index contributed by atoms with van der Waals surface area (Å²) in [5.41, 5.74) is -1.06. The lowest BCUT2D eigenvalue weighted by Crippen LogP contribution is -2.60. The highest BCUT2D eigenvalue weighted by atomic mass is 32.2. The van der Waals surface area contributed by atoms with Gasteiger partial charge in [-0.25, -0.2) is 13.1 Å². The molecule has 15 heteroatoms. The van der Waals surface area contributed by atoms with Gasteiger partial charge in [0.25, 0.3) is 0 Å². The van der Waals surface area contributed by atoms with Gasteiger partial charge >= 0.3 is 6.18 Å². The molecule has 1 saturated heterocycles. The van der Waals surface area contributed by atoms with Crippen molar-refractivity contribution in [2.75, 3.05) is 13.2 Å². The molecule has 46 heavy (non-hydrogen) atoms. The molecule has 0 bridgehead atoms. The van der Waals surface area contributed by atoms with E-state index in [1.54, 1.807) is 0 Å². The molecule has 0 amide bonds. The number of nitrogens with one attached hydrogen (secondary N) is 1. The Morgan fingerprint density at radius 3 is 1.87 bits per heavy atom. The van der Waals surface area contributed by atoms with Gasteiger partial charge in [-0.3, -0.25) is 0 Å². The fourth-order valence-corrected chi connectivity index (χ4v) is 6.57. The zero-order valence-corrected chi connectivity index (χ0v) is 27.2. The zero-order chi connectivity index (χ0) is 34.3. The summed E-state index contributed by atoms with van der Waals surface area (Å²) in [5.74, 6) is 0. The first-order valence-corrected chi connectivity index (χ1v) is 17.7. The largest absolute Gasteiger partial charge is 0.416 e. The van der Waals surface area contributed by atoms with Crippen LogP contribution in [0.5, 0.6) is 0 Å². The Kier molecular flexibility index (Phi) is 17.9. The van der Waals surface area contributed by atoms with Crippen LogP contribution in [-0.2, 0) is 25.7 Å². The van der Waals surface area contributed by atoms with Crippen molar-refractivity contribution in [3.8, 4) is 0 Å². The minimum absolute atomic E-state index is 0.122. The molecule has 0 saturated carbocycles. The summed E-state index contributed by atoms with van der Waals surface area (Å²) in [6.45, 7) is 0.725. The molecule has 0 aromatic heterocycles. The van der Waals surface area contributed by atoms with Gasteiger partial charge in [0.15, 0.2) is 6.29 Å². The number of hydrogen-bond donors (Lipinski definition) is 7. The lowest BCUT2D eigenvalue weighted by molar-refractivity contribution is -0.303. The zero-order valence-electron chi connectivity index (χ0n) is 26.4. The van der Waals surface area contributed by atoms with Gasteiger partial charge in [0.2, 0.25) is 10.0 Å². The fraction of sp³-hybridized carbons (Fsp3) is 0.806. The van der Waals surface area contributed by atoms with Crippen LogP contribution in [0.4, 0.5) is 13.2 Å². The SMILES string of the molecule is CCCCCCCCCCCCCC[C@@H](O)[C@@H](O)[C@@H](CO[C@H]1O[C@H](CO)[C@H](O)[C@H](O)[C@H]1O)NS(=O)(=O)c1ccc(C(F)(F)F)cc1. The van der Waals surface area contributed by atoms with Crippen LogP contribution < -0.4 is 4.72 Å². The van der Waals surface area contributed by atoms with Crippen LogP contribution in [0.25, 0.3) is 0 Å². The van der Waals surface area contributed by atoms with Gasteiger partial charge in [-0.15, -0.1) is 0 Å². The Labute approximate surface area is 269 Å². The number of halogens is 3. The number of hydrogen-bond acceptors (Lipinski definition) is 10. The molecule has 7 N–H and O–H groups in total. The highest BCUT2D eigenvalue weighted by molar-refractivity contribution is 7.89. The molecule has 1 fully saturated rings. The smallest absolute Gasteiger partial charge is 0.394 e. The van der Waals surface area contributed by atoms with Crippen LogP contribution in [0, 0.1) is 0 Å². The highest BCUT2D eigenvalue weighted by Crippen LogP contribution is 2.30. The monoisotopic (exact) mass is 687 g/mol. The summed E-state index contributed by atoms with van der Waals surface area (Å²) in [4.78, 5) is -0.541. The average Bonchev–Trinajstić information content (AvgIpc) is 3.02. The van der Waals surface area contributed by atoms with Crippen molar-refractivity contribution in [3.63, 3.8) is 0 Å². The van der Waals surface area contributed by atoms with Gasteiger partial charge < -0.3 is 40.1 Å². The number of rotatable bonds is 22. The van der Waals surface area contributed by atoms with Crippen molar-refractivity contribution >= 4 is 10.0 Å². The van der Waals surface area contributed by atoms with E-state index in [0.29, 0.717) is 18.6 Å². The van der Waals surface area contributed by atoms with Crippen molar-refractivity contribution in [2.24, 2.45) is 0 Å². The van der Waals surface area contributed by atoms with E-state index in [4.69, 9.17) is 9.47 Å². The van der Waals surface area contributed by atoms with Crippen LogP contribution >= 0.6 is 0 Å². The number of unbranched alkanes of at least 4 members (excludes halogenated alkanes) is 11. The average molecular weight is 688 g/mol. The quantitative estimate of drug-likeness (QED) is 0.0894. The maximum atomic E-state index is 13.1. The van der Waals surface area contributed by atoms with E-state index in [1.165, 1.54) is 44.9 Å². The standard InChI is InChI=1S/C31H52F3NO10S/c1-2-3-4-5-6-7-8-9-10-11-12-13-14-24(37)26(38)23(20-44-30-29(41)28(40)27(39)25(19-36)45-30)35-46(42,43)22-17-15-21(16-18-22)31(32,33)34/h15-18,23-30,35-41H,2-14,19-20H2,1H3/t23-,24-,25-,26+,27+,28+,29-,30+/m1/s1. The molecule has 0 unspecified atom stereocenters. The molecule has 1 heterocycles. The van der Waals surface area contributed by atoms with Crippen LogP contribution in [0.15, 0.2) is 29.2 Å². The second-order valence-corrected chi connectivity index (χ2v) is 13.7. The predicted octanol–water partition coefficient (Wildman–Crippen LogP) is 2.98. The summed E-state index contributed by atoms with van der Waals surface area (Å²) >= 11 is 0. The first-order chi connectivity index (χ1) is 21.7. The summed E-state index contributed by atoms with van der Waals surface area (Å²) in [7, 11) is -4.55. The van der Waals surface area contributed by atoms with Gasteiger partial charge in [0.05, 0.1) is 41.9 Å². The van der Waals surface area contributed by atoms with Crippen molar-refractivity contribution in [3.05, 3.63) is 29.8 Å². The number of sulfonamides is 1. The molecule has 1 aliphatic rings. The maximum absolute atomic E-state index is 13.1. The van der Waals surface area contributed by atoms with Gasteiger partial charge in [-0.1, -0.05) is 84.0 Å². The third-order valence-corrected chi connectivity index (χ3v) is 9.75. The molecule has 268 valence electrons. The number of aliphatic hydroxyl groups excluding tert-OH is 6. The molecule has 11 nitrogen and oxygen atoms in total.